The van der Waals surface area contributed by atoms with Crippen LogP contribution in [0.2, 0.25) is 0 Å². The molecule has 2 aromatic rings. The number of nitrogens with one attached hydrogen (secondary N) is 1. The molecule has 3 N–H and O–H groups in total. The fourth-order valence-corrected chi connectivity index (χ4v) is 3.39. The zero-order chi connectivity index (χ0) is 13.7. The van der Waals surface area contributed by atoms with Gasteiger partial charge in [0.2, 0.25) is 0 Å². The highest BCUT2D eigenvalue weighted by Gasteiger charge is 2.11. The summed E-state index contributed by atoms with van der Waals surface area (Å²) >= 11 is 5.31. The van der Waals surface area contributed by atoms with Crippen molar-refractivity contribution in [1.29, 1.82) is 0 Å². The standard InChI is InChI=1S/C14H16BrN3S/c1-10-6-11(8-17-7-10)13(18-16)9-19-14-5-3-2-4-12(14)15/h2-8,13,18H,9,16H2,1H3. The topological polar surface area (TPSA) is 50.9 Å². The number of hydrogen-bond donors (Lipinski definition) is 2. The van der Waals surface area contributed by atoms with E-state index in [4.69, 9.17) is 5.84 Å². The molecule has 0 amide bonds. The number of benzene rings is 1. The molecule has 0 saturated carbocycles. The van der Waals surface area contributed by atoms with Crippen LogP contribution in [-0.2, 0) is 0 Å². The van der Waals surface area contributed by atoms with Crippen LogP contribution in [0.25, 0.3) is 0 Å². The molecule has 0 fully saturated rings. The number of hydrogen-bond acceptors (Lipinski definition) is 4. The summed E-state index contributed by atoms with van der Waals surface area (Å²) in [7, 11) is 0. The molecule has 0 aliphatic heterocycles. The summed E-state index contributed by atoms with van der Waals surface area (Å²) in [6.45, 7) is 2.03. The smallest absolute Gasteiger partial charge is 0.0569 e. The summed E-state index contributed by atoms with van der Waals surface area (Å²) in [4.78, 5) is 5.42. The Bertz CT molecular complexity index is 548. The van der Waals surface area contributed by atoms with E-state index in [1.54, 1.807) is 11.8 Å². The van der Waals surface area contributed by atoms with E-state index < -0.39 is 0 Å². The van der Waals surface area contributed by atoms with Gasteiger partial charge in [-0.05, 0) is 46.1 Å². The van der Waals surface area contributed by atoms with Crippen LogP contribution in [-0.4, -0.2) is 10.7 Å². The van der Waals surface area contributed by atoms with Crippen LogP contribution >= 0.6 is 27.7 Å². The first-order chi connectivity index (χ1) is 9.20. The van der Waals surface area contributed by atoms with Gasteiger partial charge >= 0.3 is 0 Å². The average Bonchev–Trinajstić information content (AvgIpc) is 2.41. The maximum absolute atomic E-state index is 5.65. The van der Waals surface area contributed by atoms with E-state index in [-0.39, 0.29) is 6.04 Å². The van der Waals surface area contributed by atoms with Crippen LogP contribution in [0.4, 0.5) is 0 Å². The first-order valence-electron chi connectivity index (χ1n) is 5.95. The van der Waals surface area contributed by atoms with E-state index in [0.717, 1.165) is 21.4 Å². The number of aryl methyl sites for hydroxylation is 1. The van der Waals surface area contributed by atoms with Crippen LogP contribution in [0.15, 0.2) is 52.1 Å². The maximum atomic E-state index is 5.65. The lowest BCUT2D eigenvalue weighted by atomic mass is 10.1. The molecule has 2 rings (SSSR count). The third-order valence-electron chi connectivity index (χ3n) is 2.74. The number of rotatable bonds is 5. The number of halogens is 1. The highest BCUT2D eigenvalue weighted by molar-refractivity contribution is 9.10. The zero-order valence-corrected chi connectivity index (χ0v) is 13.0. The van der Waals surface area contributed by atoms with Gasteiger partial charge in [-0.25, -0.2) is 0 Å². The first-order valence-corrected chi connectivity index (χ1v) is 7.73. The van der Waals surface area contributed by atoms with Gasteiger partial charge in [0.15, 0.2) is 0 Å². The summed E-state index contributed by atoms with van der Waals surface area (Å²) in [5.41, 5.74) is 5.11. The van der Waals surface area contributed by atoms with Gasteiger partial charge in [-0.3, -0.25) is 16.3 Å². The van der Waals surface area contributed by atoms with Crippen LogP contribution in [0.5, 0.6) is 0 Å². The Hall–Kier alpha value is -0.880. The lowest BCUT2D eigenvalue weighted by molar-refractivity contribution is 0.608. The molecule has 1 atom stereocenters. The van der Waals surface area contributed by atoms with Gasteiger partial charge in [-0.1, -0.05) is 18.2 Å². The lowest BCUT2D eigenvalue weighted by Gasteiger charge is -2.16. The molecule has 5 heteroatoms. The Morgan fingerprint density at radius 1 is 1.37 bits per heavy atom. The van der Waals surface area contributed by atoms with Crippen LogP contribution in [0, 0.1) is 6.92 Å². The molecule has 19 heavy (non-hydrogen) atoms. The van der Waals surface area contributed by atoms with Crippen molar-refractivity contribution in [3.05, 3.63) is 58.3 Å². The molecular formula is C14H16BrN3S. The van der Waals surface area contributed by atoms with Crippen LogP contribution < -0.4 is 11.3 Å². The van der Waals surface area contributed by atoms with Gasteiger partial charge in [0.25, 0.3) is 0 Å². The number of hydrazine groups is 1. The van der Waals surface area contributed by atoms with E-state index in [1.165, 1.54) is 4.90 Å². The van der Waals surface area contributed by atoms with Gasteiger partial charge in [-0.15, -0.1) is 11.8 Å². The maximum Gasteiger partial charge on any atom is 0.0569 e. The quantitative estimate of drug-likeness (QED) is 0.498. The normalized spacial score (nSPS) is 12.4. The summed E-state index contributed by atoms with van der Waals surface area (Å²) in [6, 6.07) is 10.4. The second kappa shape index (κ2) is 7.05. The second-order valence-corrected chi connectivity index (χ2v) is 6.17. The van der Waals surface area contributed by atoms with E-state index >= 15 is 0 Å². The van der Waals surface area contributed by atoms with Crippen molar-refractivity contribution in [3.8, 4) is 0 Å². The number of pyridine rings is 1. The lowest BCUT2D eigenvalue weighted by Crippen LogP contribution is -2.29. The molecule has 0 bridgehead atoms. The Labute approximate surface area is 126 Å². The van der Waals surface area contributed by atoms with Gasteiger partial charge in [0.1, 0.15) is 0 Å². The van der Waals surface area contributed by atoms with Gasteiger partial charge in [0, 0.05) is 27.5 Å². The third-order valence-corrected chi connectivity index (χ3v) is 4.86. The largest absolute Gasteiger partial charge is 0.271 e. The van der Waals surface area contributed by atoms with Crippen molar-refractivity contribution in [1.82, 2.24) is 10.4 Å². The Morgan fingerprint density at radius 2 is 2.16 bits per heavy atom. The predicted molar refractivity (Wildman–Crippen MR) is 83.9 cm³/mol. The van der Waals surface area contributed by atoms with Gasteiger partial charge in [-0.2, -0.15) is 0 Å². The van der Waals surface area contributed by atoms with Gasteiger partial charge < -0.3 is 0 Å². The molecule has 0 aliphatic carbocycles. The van der Waals surface area contributed by atoms with Crippen molar-refractivity contribution < 1.29 is 0 Å². The van der Waals surface area contributed by atoms with E-state index in [1.807, 2.05) is 37.5 Å². The summed E-state index contributed by atoms with van der Waals surface area (Å²) in [5.74, 6) is 6.51. The molecule has 0 aliphatic rings. The molecule has 1 aromatic carbocycles. The van der Waals surface area contributed by atoms with Crippen LogP contribution in [0.1, 0.15) is 17.2 Å². The van der Waals surface area contributed by atoms with Crippen molar-refractivity contribution >= 4 is 27.7 Å². The third kappa shape index (κ3) is 4.04. The minimum atomic E-state index is 0.0875. The van der Waals surface area contributed by atoms with Crippen LogP contribution in [0.3, 0.4) is 0 Å². The number of nitrogens with two attached hydrogens (primary N) is 1. The molecular weight excluding hydrogens is 322 g/mol. The Balaban J connectivity index is 2.06. The van der Waals surface area contributed by atoms with E-state index in [0.29, 0.717) is 0 Å². The predicted octanol–water partition coefficient (Wildman–Crippen LogP) is 3.45. The highest BCUT2D eigenvalue weighted by Crippen LogP contribution is 2.30. The summed E-state index contributed by atoms with van der Waals surface area (Å²) in [6.07, 6.45) is 3.70. The summed E-state index contributed by atoms with van der Waals surface area (Å²) < 4.78 is 1.11. The number of thioether (sulfide) groups is 1. The summed E-state index contributed by atoms with van der Waals surface area (Å²) in [5, 5.41) is 0. The van der Waals surface area contributed by atoms with Crippen molar-refractivity contribution in [3.63, 3.8) is 0 Å². The van der Waals surface area contributed by atoms with E-state index in [9.17, 15) is 0 Å². The fourth-order valence-electron chi connectivity index (χ4n) is 1.74. The van der Waals surface area contributed by atoms with E-state index in [2.05, 4.69) is 38.5 Å². The van der Waals surface area contributed by atoms with Crippen molar-refractivity contribution in [2.24, 2.45) is 5.84 Å². The first kappa shape index (κ1) is 14.5. The molecule has 0 radical (unpaired) electrons. The molecule has 1 heterocycles. The highest BCUT2D eigenvalue weighted by atomic mass is 79.9. The molecule has 1 unspecified atom stereocenters. The average molecular weight is 338 g/mol. The zero-order valence-electron chi connectivity index (χ0n) is 10.6. The molecule has 3 nitrogen and oxygen atoms in total. The number of nitrogens with zero attached hydrogens (tertiary/aromatic N) is 1. The van der Waals surface area contributed by atoms with Crippen molar-refractivity contribution in [2.45, 2.75) is 17.9 Å². The Kier molecular flexibility index (Phi) is 5.39. The molecule has 1 aromatic heterocycles. The molecule has 100 valence electrons. The number of aromatic nitrogens is 1. The fraction of sp³-hybridized carbons (Fsp3) is 0.214. The molecule has 0 spiro atoms. The van der Waals surface area contributed by atoms with Crippen molar-refractivity contribution in [2.75, 3.05) is 5.75 Å². The molecule has 0 saturated heterocycles. The van der Waals surface area contributed by atoms with Gasteiger partial charge in [0.05, 0.1) is 6.04 Å². The minimum absolute atomic E-state index is 0.0875. The Morgan fingerprint density at radius 3 is 2.84 bits per heavy atom. The SMILES string of the molecule is Cc1cncc(C(CSc2ccccc2Br)NN)c1. The monoisotopic (exact) mass is 337 g/mol. The minimum Gasteiger partial charge on any atom is -0.271 e. The second-order valence-electron chi connectivity index (χ2n) is 4.26.